The molecule has 23 heavy (non-hydrogen) atoms. The van der Waals surface area contributed by atoms with Crippen LogP contribution in [0.15, 0.2) is 47.4 Å². The number of rotatable bonds is 5. The van der Waals surface area contributed by atoms with E-state index in [4.69, 9.17) is 16.3 Å². The van der Waals surface area contributed by atoms with Gasteiger partial charge >= 0.3 is 0 Å². The number of nitrogens with zero attached hydrogens (tertiary/aromatic N) is 1. The third kappa shape index (κ3) is 3.48. The highest BCUT2D eigenvalue weighted by atomic mass is 35.5. The highest BCUT2D eigenvalue weighted by molar-refractivity contribution is 7.89. The van der Waals surface area contributed by atoms with Gasteiger partial charge in [0.1, 0.15) is 5.75 Å². The van der Waals surface area contributed by atoms with Crippen molar-refractivity contribution in [3.63, 3.8) is 0 Å². The number of halogens is 1. The Morgan fingerprint density at radius 1 is 1.22 bits per heavy atom. The maximum Gasteiger partial charge on any atom is 0.240 e. The fourth-order valence-electron chi connectivity index (χ4n) is 2.06. The maximum atomic E-state index is 12.4. The van der Waals surface area contributed by atoms with Gasteiger partial charge in [0.25, 0.3) is 0 Å². The molecule has 0 radical (unpaired) electrons. The zero-order chi connectivity index (χ0) is 16.4. The molecule has 0 spiro atoms. The predicted octanol–water partition coefficient (Wildman–Crippen LogP) is 3.44. The van der Waals surface area contributed by atoms with Gasteiger partial charge in [0.05, 0.1) is 16.7 Å². The number of aromatic nitrogens is 1. The number of sulfonamides is 1. The van der Waals surface area contributed by atoms with E-state index in [2.05, 4.69) is 9.10 Å². The molecule has 0 aliphatic carbocycles. The second-order valence-corrected chi connectivity index (χ2v) is 7.73. The van der Waals surface area contributed by atoms with Gasteiger partial charge in [-0.2, -0.15) is 4.37 Å². The van der Waals surface area contributed by atoms with Crippen LogP contribution in [-0.4, -0.2) is 19.9 Å². The van der Waals surface area contributed by atoms with Crippen LogP contribution >= 0.6 is 23.1 Å². The van der Waals surface area contributed by atoms with Crippen molar-refractivity contribution < 1.29 is 13.2 Å². The SMILES string of the molecule is COc1ccc(CNS(=O)(=O)c2ccc3snc(Cl)c3c2)cc1. The van der Waals surface area contributed by atoms with E-state index in [9.17, 15) is 8.42 Å². The summed E-state index contributed by atoms with van der Waals surface area (Å²) in [6, 6.07) is 12.0. The summed E-state index contributed by atoms with van der Waals surface area (Å²) in [6.45, 7) is 0.194. The van der Waals surface area contributed by atoms with Gasteiger partial charge in [-0.25, -0.2) is 13.1 Å². The molecule has 0 bridgehead atoms. The zero-order valence-electron chi connectivity index (χ0n) is 12.1. The fraction of sp³-hybridized carbons (Fsp3) is 0.133. The Morgan fingerprint density at radius 2 is 1.96 bits per heavy atom. The van der Waals surface area contributed by atoms with E-state index in [0.29, 0.717) is 10.5 Å². The van der Waals surface area contributed by atoms with Crippen molar-refractivity contribution >= 4 is 43.2 Å². The largest absolute Gasteiger partial charge is 0.497 e. The van der Waals surface area contributed by atoms with Crippen LogP contribution in [0.4, 0.5) is 0 Å². The van der Waals surface area contributed by atoms with E-state index >= 15 is 0 Å². The van der Waals surface area contributed by atoms with Gasteiger partial charge in [0.2, 0.25) is 10.0 Å². The Hall–Kier alpha value is -1.67. The molecule has 3 rings (SSSR count). The highest BCUT2D eigenvalue weighted by Gasteiger charge is 2.16. The van der Waals surface area contributed by atoms with Gasteiger partial charge < -0.3 is 4.74 Å². The van der Waals surface area contributed by atoms with Crippen LogP contribution in [0.2, 0.25) is 5.15 Å². The molecule has 1 aromatic heterocycles. The topological polar surface area (TPSA) is 68.3 Å². The van der Waals surface area contributed by atoms with Crippen LogP contribution in [0.25, 0.3) is 10.1 Å². The summed E-state index contributed by atoms with van der Waals surface area (Å²) < 4.78 is 37.3. The quantitative estimate of drug-likeness (QED) is 0.749. The van der Waals surface area contributed by atoms with Crippen LogP contribution in [0, 0.1) is 0 Å². The van der Waals surface area contributed by atoms with Gasteiger partial charge in [-0.3, -0.25) is 0 Å². The Balaban J connectivity index is 1.80. The highest BCUT2D eigenvalue weighted by Crippen LogP contribution is 2.28. The van der Waals surface area contributed by atoms with Gasteiger partial charge in [0, 0.05) is 11.9 Å². The molecule has 2 aromatic carbocycles. The molecule has 0 aliphatic heterocycles. The van der Waals surface area contributed by atoms with Crippen molar-refractivity contribution in [2.45, 2.75) is 11.4 Å². The van der Waals surface area contributed by atoms with Crippen LogP contribution < -0.4 is 9.46 Å². The molecule has 3 aromatic rings. The van der Waals surface area contributed by atoms with Crippen molar-refractivity contribution in [3.8, 4) is 5.75 Å². The molecule has 0 unspecified atom stereocenters. The number of hydrogen-bond donors (Lipinski definition) is 1. The van der Waals surface area contributed by atoms with Crippen molar-refractivity contribution in [3.05, 3.63) is 53.2 Å². The van der Waals surface area contributed by atoms with Crippen molar-refractivity contribution in [2.24, 2.45) is 0 Å². The molecule has 5 nitrogen and oxygen atoms in total. The zero-order valence-corrected chi connectivity index (χ0v) is 14.5. The molecule has 1 N–H and O–H groups in total. The second-order valence-electron chi connectivity index (χ2n) is 4.80. The summed E-state index contributed by atoms with van der Waals surface area (Å²) in [5, 5.41) is 0.959. The molecule has 0 fully saturated rings. The Morgan fingerprint density at radius 3 is 2.65 bits per heavy atom. The molecular weight excluding hydrogens is 356 g/mol. The summed E-state index contributed by atoms with van der Waals surface area (Å²) in [5.41, 5.74) is 0.839. The van der Waals surface area contributed by atoms with Gasteiger partial charge in [0.15, 0.2) is 5.15 Å². The minimum atomic E-state index is -3.62. The van der Waals surface area contributed by atoms with Crippen LogP contribution in [0.3, 0.4) is 0 Å². The van der Waals surface area contributed by atoms with Gasteiger partial charge in [-0.15, -0.1) is 0 Å². The normalized spacial score (nSPS) is 11.7. The van der Waals surface area contributed by atoms with E-state index in [1.807, 2.05) is 12.1 Å². The molecule has 1 heterocycles. The maximum absolute atomic E-state index is 12.4. The van der Waals surface area contributed by atoms with Gasteiger partial charge in [-0.05, 0) is 47.4 Å². The third-order valence-corrected chi connectivity index (χ3v) is 5.95. The van der Waals surface area contributed by atoms with E-state index in [-0.39, 0.29) is 11.4 Å². The van der Waals surface area contributed by atoms with E-state index < -0.39 is 10.0 Å². The molecule has 8 heteroatoms. The van der Waals surface area contributed by atoms with E-state index in [1.54, 1.807) is 31.4 Å². The number of nitrogens with one attached hydrogen (secondary N) is 1. The van der Waals surface area contributed by atoms with E-state index in [0.717, 1.165) is 16.0 Å². The summed E-state index contributed by atoms with van der Waals surface area (Å²) >= 11 is 7.21. The molecular formula is C15H13ClN2O3S2. The fourth-order valence-corrected chi connectivity index (χ4v) is 4.08. The lowest BCUT2D eigenvalue weighted by Gasteiger charge is -2.08. The van der Waals surface area contributed by atoms with Crippen molar-refractivity contribution in [2.75, 3.05) is 7.11 Å². The molecule has 0 saturated carbocycles. The monoisotopic (exact) mass is 368 g/mol. The van der Waals surface area contributed by atoms with Crippen LogP contribution in [0.1, 0.15) is 5.56 Å². The number of methoxy groups -OCH3 is 1. The smallest absolute Gasteiger partial charge is 0.240 e. The average Bonchev–Trinajstić information content (AvgIpc) is 2.94. The number of fused-ring (bicyclic) bond motifs is 1. The average molecular weight is 369 g/mol. The second kappa shape index (κ2) is 6.45. The summed E-state index contributed by atoms with van der Waals surface area (Å²) in [7, 11) is -2.04. The lowest BCUT2D eigenvalue weighted by Crippen LogP contribution is -2.23. The lowest BCUT2D eigenvalue weighted by atomic mass is 10.2. The summed E-state index contributed by atoms with van der Waals surface area (Å²) in [6.07, 6.45) is 0. The number of hydrogen-bond acceptors (Lipinski definition) is 5. The molecule has 0 amide bonds. The van der Waals surface area contributed by atoms with Crippen molar-refractivity contribution in [1.29, 1.82) is 0 Å². The predicted molar refractivity (Wildman–Crippen MR) is 91.6 cm³/mol. The lowest BCUT2D eigenvalue weighted by molar-refractivity contribution is 0.414. The Bertz CT molecular complexity index is 937. The first kappa shape index (κ1) is 16.2. The minimum Gasteiger partial charge on any atom is -0.497 e. The molecule has 0 saturated heterocycles. The van der Waals surface area contributed by atoms with Crippen LogP contribution in [0.5, 0.6) is 5.75 Å². The molecule has 120 valence electrons. The van der Waals surface area contributed by atoms with Crippen molar-refractivity contribution in [1.82, 2.24) is 9.10 Å². The standard InChI is InChI=1S/C15H13ClN2O3S2/c1-21-11-4-2-10(3-5-11)9-17-23(19,20)12-6-7-14-13(8-12)15(16)18-22-14/h2-8,17H,9H2,1H3. The molecule has 0 atom stereocenters. The first-order chi connectivity index (χ1) is 11.0. The molecule has 0 aliphatic rings. The first-order valence-electron chi connectivity index (χ1n) is 6.67. The Labute approximate surface area is 143 Å². The number of ether oxygens (including phenoxy) is 1. The summed E-state index contributed by atoms with van der Waals surface area (Å²) in [5.74, 6) is 0.724. The Kier molecular flexibility index (Phi) is 4.54. The minimum absolute atomic E-state index is 0.167. The number of benzene rings is 2. The van der Waals surface area contributed by atoms with Gasteiger partial charge in [-0.1, -0.05) is 23.7 Å². The van der Waals surface area contributed by atoms with Crippen LogP contribution in [-0.2, 0) is 16.6 Å². The van der Waals surface area contributed by atoms with E-state index in [1.165, 1.54) is 17.6 Å². The summed E-state index contributed by atoms with van der Waals surface area (Å²) in [4.78, 5) is 0.167. The first-order valence-corrected chi connectivity index (χ1v) is 9.30. The third-order valence-electron chi connectivity index (χ3n) is 3.33.